The van der Waals surface area contributed by atoms with Gasteiger partial charge in [-0.2, -0.15) is 0 Å². The molecule has 1 aromatic rings. The molecule has 0 amide bonds. The van der Waals surface area contributed by atoms with Gasteiger partial charge in [-0.05, 0) is 25.8 Å². The van der Waals surface area contributed by atoms with Gasteiger partial charge in [0.2, 0.25) is 0 Å². The zero-order valence-corrected chi connectivity index (χ0v) is 17.4. The summed E-state index contributed by atoms with van der Waals surface area (Å²) in [4.78, 5) is 0. The Morgan fingerprint density at radius 1 is 1.00 bits per heavy atom. The second-order valence-corrected chi connectivity index (χ2v) is 8.60. The van der Waals surface area contributed by atoms with Crippen molar-refractivity contribution in [3.05, 3.63) is 42.0 Å². The van der Waals surface area contributed by atoms with Crippen molar-refractivity contribution in [3.63, 3.8) is 0 Å². The lowest BCUT2D eigenvalue weighted by atomic mass is 10.1. The van der Waals surface area contributed by atoms with E-state index in [0.717, 1.165) is 18.4 Å². The third-order valence-corrected chi connectivity index (χ3v) is 6.75. The zero-order valence-electron chi connectivity index (χ0n) is 16.5. The quantitative estimate of drug-likeness (QED) is 0.314. The zero-order chi connectivity index (χ0) is 19.3. The molecule has 26 heavy (non-hydrogen) atoms. The first-order valence-corrected chi connectivity index (χ1v) is 11.5. The first-order chi connectivity index (χ1) is 12.6. The molecule has 4 nitrogen and oxygen atoms in total. The van der Waals surface area contributed by atoms with E-state index in [-0.39, 0.29) is 13.2 Å². The summed E-state index contributed by atoms with van der Waals surface area (Å²) in [5.74, 6) is 0. The van der Waals surface area contributed by atoms with Crippen molar-refractivity contribution in [2.75, 3.05) is 13.2 Å². The highest BCUT2D eigenvalue weighted by atomic mass is 31.2. The van der Waals surface area contributed by atoms with E-state index >= 15 is 0 Å². The molecule has 0 fully saturated rings. The molecule has 0 aliphatic carbocycles. The average Bonchev–Trinajstić information content (AvgIpc) is 2.63. The van der Waals surface area contributed by atoms with Gasteiger partial charge in [-0.1, -0.05) is 81.5 Å². The number of rotatable bonds is 14. The molecule has 2 unspecified atom stereocenters. The molecule has 0 aromatic heterocycles. The fourth-order valence-electron chi connectivity index (χ4n) is 2.92. The van der Waals surface area contributed by atoms with Crippen molar-refractivity contribution in [3.8, 4) is 0 Å². The Labute approximate surface area is 159 Å². The molecule has 0 spiro atoms. The van der Waals surface area contributed by atoms with Crippen LogP contribution in [0, 0.1) is 0 Å². The fourth-order valence-corrected chi connectivity index (χ4v) is 4.92. The molecule has 1 aromatic carbocycles. The van der Waals surface area contributed by atoms with Crippen molar-refractivity contribution < 1.29 is 18.7 Å². The third kappa shape index (κ3) is 8.18. The minimum absolute atomic E-state index is 0.288. The Bertz CT molecular complexity index is 534. The number of unbranched alkanes of at least 4 members (excludes halogenated alkanes) is 4. The second-order valence-electron chi connectivity index (χ2n) is 6.41. The second kappa shape index (κ2) is 13.3. The van der Waals surface area contributed by atoms with Crippen LogP contribution in [0.1, 0.15) is 64.9 Å². The molecule has 1 rings (SSSR count). The smallest absolute Gasteiger partial charge is 0.340 e. The van der Waals surface area contributed by atoms with Gasteiger partial charge in [-0.15, -0.1) is 0 Å². The van der Waals surface area contributed by atoms with Crippen LogP contribution in [0.4, 0.5) is 0 Å². The van der Waals surface area contributed by atoms with Crippen LogP contribution in [0.25, 0.3) is 6.08 Å². The molecular formula is C21H35O4P. The van der Waals surface area contributed by atoms with Crippen LogP contribution >= 0.6 is 7.60 Å². The number of aliphatic hydroxyl groups is 1. The molecule has 2 atom stereocenters. The Hall–Kier alpha value is -0.930. The van der Waals surface area contributed by atoms with E-state index in [1.54, 1.807) is 19.9 Å². The Balaban J connectivity index is 2.89. The van der Waals surface area contributed by atoms with E-state index in [9.17, 15) is 9.67 Å². The van der Waals surface area contributed by atoms with Crippen LogP contribution in [0.5, 0.6) is 0 Å². The summed E-state index contributed by atoms with van der Waals surface area (Å²) in [5.41, 5.74) is 0.334. The van der Waals surface area contributed by atoms with E-state index in [1.165, 1.54) is 19.3 Å². The summed E-state index contributed by atoms with van der Waals surface area (Å²) < 4.78 is 24.3. The molecule has 0 aliphatic heterocycles. The molecular weight excluding hydrogens is 347 g/mol. The van der Waals surface area contributed by atoms with E-state index in [1.807, 2.05) is 36.4 Å². The summed E-state index contributed by atoms with van der Waals surface area (Å²) in [7, 11) is -3.42. The number of hydrogen-bond acceptors (Lipinski definition) is 4. The van der Waals surface area contributed by atoms with Crippen molar-refractivity contribution in [2.24, 2.45) is 0 Å². The topological polar surface area (TPSA) is 55.8 Å². The van der Waals surface area contributed by atoms with Gasteiger partial charge in [-0.3, -0.25) is 4.57 Å². The van der Waals surface area contributed by atoms with Crippen molar-refractivity contribution in [1.29, 1.82) is 0 Å². The van der Waals surface area contributed by atoms with Crippen LogP contribution in [0.2, 0.25) is 0 Å². The van der Waals surface area contributed by atoms with Gasteiger partial charge in [-0.25, -0.2) is 0 Å². The molecule has 0 bridgehead atoms. The van der Waals surface area contributed by atoms with Crippen molar-refractivity contribution in [2.45, 2.75) is 71.1 Å². The van der Waals surface area contributed by atoms with Crippen LogP contribution in [-0.2, 0) is 13.6 Å². The maximum atomic E-state index is 13.3. The largest absolute Gasteiger partial charge is 0.392 e. The highest BCUT2D eigenvalue weighted by Gasteiger charge is 2.38. The Kier molecular flexibility index (Phi) is 11.8. The summed E-state index contributed by atoms with van der Waals surface area (Å²) in [6, 6.07) is 9.78. The lowest BCUT2D eigenvalue weighted by Gasteiger charge is -2.28. The predicted octanol–water partition coefficient (Wildman–Crippen LogP) is 6.06. The maximum absolute atomic E-state index is 13.3. The lowest BCUT2D eigenvalue weighted by molar-refractivity contribution is 0.140. The number of hydrogen-bond donors (Lipinski definition) is 1. The number of benzene rings is 1. The van der Waals surface area contributed by atoms with E-state index in [4.69, 9.17) is 9.05 Å². The molecule has 1 N–H and O–H groups in total. The first kappa shape index (κ1) is 23.1. The highest BCUT2D eigenvalue weighted by Crippen LogP contribution is 2.55. The lowest BCUT2D eigenvalue weighted by Crippen LogP contribution is -2.26. The van der Waals surface area contributed by atoms with E-state index < -0.39 is 19.4 Å². The highest BCUT2D eigenvalue weighted by molar-refractivity contribution is 7.55. The molecule has 0 aliphatic rings. The molecule has 0 radical (unpaired) electrons. The Morgan fingerprint density at radius 2 is 1.62 bits per heavy atom. The van der Waals surface area contributed by atoms with Crippen molar-refractivity contribution >= 4 is 13.7 Å². The van der Waals surface area contributed by atoms with Crippen LogP contribution in [0.3, 0.4) is 0 Å². The van der Waals surface area contributed by atoms with Gasteiger partial charge in [0.05, 0.1) is 19.3 Å². The SMILES string of the molecule is CCCCCCCC(O)C(/C=C/c1ccccc1)P(=O)(OCC)OCC. The Morgan fingerprint density at radius 3 is 2.19 bits per heavy atom. The van der Waals surface area contributed by atoms with Gasteiger partial charge in [0.25, 0.3) is 0 Å². The van der Waals surface area contributed by atoms with Gasteiger partial charge in [0, 0.05) is 0 Å². The van der Waals surface area contributed by atoms with Gasteiger partial charge in [0.1, 0.15) is 5.66 Å². The molecule has 0 saturated carbocycles. The van der Waals surface area contributed by atoms with Gasteiger partial charge >= 0.3 is 7.60 Å². The molecule has 0 saturated heterocycles. The fraction of sp³-hybridized carbons (Fsp3) is 0.619. The predicted molar refractivity (Wildman–Crippen MR) is 110 cm³/mol. The van der Waals surface area contributed by atoms with Gasteiger partial charge < -0.3 is 14.2 Å². The first-order valence-electron chi connectivity index (χ1n) is 9.87. The van der Waals surface area contributed by atoms with Crippen LogP contribution in [-0.4, -0.2) is 30.1 Å². The average molecular weight is 382 g/mol. The van der Waals surface area contributed by atoms with Crippen molar-refractivity contribution in [1.82, 2.24) is 0 Å². The van der Waals surface area contributed by atoms with E-state index in [2.05, 4.69) is 6.92 Å². The summed E-state index contributed by atoms with van der Waals surface area (Å²) in [5, 5.41) is 10.7. The molecule has 5 heteroatoms. The number of aliphatic hydroxyl groups excluding tert-OH is 1. The summed E-state index contributed by atoms with van der Waals surface area (Å²) in [6.45, 7) is 6.34. The van der Waals surface area contributed by atoms with E-state index in [0.29, 0.717) is 6.42 Å². The van der Waals surface area contributed by atoms with Gasteiger partial charge in [0.15, 0.2) is 0 Å². The molecule has 148 valence electrons. The normalized spacial score (nSPS) is 14.6. The summed E-state index contributed by atoms with van der Waals surface area (Å²) >= 11 is 0. The minimum atomic E-state index is -3.42. The van der Waals surface area contributed by atoms with Crippen LogP contribution in [0.15, 0.2) is 36.4 Å². The maximum Gasteiger partial charge on any atom is 0.340 e. The standard InChI is InChI=1S/C21H35O4P/c1-4-7-8-9-13-16-20(22)21(26(23,24-5-2)25-6-3)18-17-19-14-11-10-12-15-19/h10-12,14-15,17-18,20-22H,4-9,13,16H2,1-3H3/b18-17+. The molecule has 0 heterocycles. The minimum Gasteiger partial charge on any atom is -0.392 e. The van der Waals surface area contributed by atoms with Crippen LogP contribution < -0.4 is 0 Å². The monoisotopic (exact) mass is 382 g/mol. The third-order valence-electron chi connectivity index (χ3n) is 4.27. The summed E-state index contributed by atoms with van der Waals surface area (Å²) in [6.07, 6.45) is 9.08.